The Morgan fingerprint density at radius 1 is 0.629 bits per heavy atom. The molecule has 11 unspecified atom stereocenters. The zero-order chi connectivity index (χ0) is 45.1. The molecule has 0 aromatic rings. The van der Waals surface area contributed by atoms with E-state index >= 15 is 0 Å². The number of carbonyl (C=O) groups excluding carboxylic acids is 1. The SMILES string of the molecule is CCC1O[C@@H](O[C@H]2C(O[C@@H]3OC(C)[C@H](C)C(C)C3C)[C@H](C)C(C)O[C@H]2O[C@H]2CCC3(C)C4CC=C5C6CC(C)(C)CC[C@]6(C=O)CC[C@@]5(C)[C@@]4(C)CC[C@H]3C2C)[C@@H](C)C(C)[C@H]1C. The van der Waals surface area contributed by atoms with Crippen LogP contribution in [0.15, 0.2) is 11.6 Å². The maximum atomic E-state index is 13.0. The lowest BCUT2D eigenvalue weighted by Gasteiger charge is -2.70. The third-order valence-electron chi connectivity index (χ3n) is 22.1. The van der Waals surface area contributed by atoms with Gasteiger partial charge in [0.05, 0.1) is 30.5 Å². The average molecular weight is 865 g/mol. The van der Waals surface area contributed by atoms with E-state index in [2.05, 4.69) is 117 Å². The van der Waals surface area contributed by atoms with Gasteiger partial charge in [0.2, 0.25) is 0 Å². The Morgan fingerprint density at radius 2 is 1.24 bits per heavy atom. The second kappa shape index (κ2) is 17.0. The first-order valence-corrected chi connectivity index (χ1v) is 26.2. The molecule has 7 fully saturated rings. The minimum Gasteiger partial charge on any atom is -0.349 e. The Hall–Kier alpha value is -0.830. The Bertz CT molecular complexity index is 1640. The summed E-state index contributed by atoms with van der Waals surface area (Å²) in [6.45, 7) is 38.2. The summed E-state index contributed by atoms with van der Waals surface area (Å²) in [5.41, 5.74) is 2.33. The van der Waals surface area contributed by atoms with E-state index < -0.39 is 12.4 Å². The molecule has 3 aliphatic heterocycles. The molecule has 0 bridgehead atoms. The topological polar surface area (TPSA) is 72.5 Å². The van der Waals surface area contributed by atoms with Crippen LogP contribution >= 0.6 is 0 Å². The van der Waals surface area contributed by atoms with E-state index in [-0.39, 0.29) is 87.9 Å². The van der Waals surface area contributed by atoms with Crippen molar-refractivity contribution in [2.45, 2.75) is 237 Å². The van der Waals surface area contributed by atoms with Crippen molar-refractivity contribution in [1.29, 1.82) is 0 Å². The van der Waals surface area contributed by atoms with Gasteiger partial charge in [-0.15, -0.1) is 0 Å². The van der Waals surface area contributed by atoms with Crippen LogP contribution in [-0.2, 0) is 33.2 Å². The lowest BCUT2D eigenvalue weighted by atomic mass is 9.34. The van der Waals surface area contributed by atoms with Crippen molar-refractivity contribution in [3.8, 4) is 0 Å². The first-order chi connectivity index (χ1) is 29.1. The van der Waals surface area contributed by atoms with E-state index in [4.69, 9.17) is 28.4 Å². The largest absolute Gasteiger partial charge is 0.349 e. The number of aldehydes is 1. The fourth-order valence-corrected chi connectivity index (χ4v) is 16.2. The van der Waals surface area contributed by atoms with Crippen LogP contribution in [0.2, 0.25) is 0 Å². The standard InChI is InChI=1S/C55H92O7/c1-17-43-33(5)31(3)35(7)49(59-43)62-47-46(61-48-34(6)30(2)32(4)38(10)57-48)36(8)39(11)58-50(47)60-44-21-22-52(14)40(37(44)9)20-23-54(16)45(52)19-18-41-42-28-51(12,13)24-26-55(42,29-56)27-25-53(41,54)15/h18,29-40,42-50H,17,19-28H2,1-16H3/t30?,31?,32-,33-,34?,35+,36-,37?,38?,39?,40+,42?,43?,44+,45?,46?,47+,48+,49+,50+,52?,53-,54+,55-/m1/s1. The number of ether oxygens (including phenoxy) is 6. The number of rotatable bonds is 8. The molecule has 7 heteroatoms. The molecule has 8 rings (SSSR count). The predicted octanol–water partition coefficient (Wildman–Crippen LogP) is 12.8. The van der Waals surface area contributed by atoms with Crippen LogP contribution in [0.4, 0.5) is 0 Å². The van der Waals surface area contributed by atoms with E-state index in [0.29, 0.717) is 47.3 Å². The molecule has 8 aliphatic rings. The fraction of sp³-hybridized carbons (Fsp3) is 0.945. The molecule has 7 nitrogen and oxygen atoms in total. The van der Waals surface area contributed by atoms with E-state index in [1.807, 2.05) is 0 Å². The number of fused-ring (bicyclic) bond motifs is 7. The van der Waals surface area contributed by atoms with Gasteiger partial charge in [-0.25, -0.2) is 0 Å². The fourth-order valence-electron chi connectivity index (χ4n) is 16.2. The Morgan fingerprint density at radius 3 is 1.92 bits per heavy atom. The minimum atomic E-state index is -0.575. The van der Waals surface area contributed by atoms with Crippen LogP contribution in [-0.4, -0.2) is 61.8 Å². The number of allylic oxidation sites excluding steroid dienone is 2. The van der Waals surface area contributed by atoms with Crippen molar-refractivity contribution in [2.75, 3.05) is 0 Å². The van der Waals surface area contributed by atoms with Crippen molar-refractivity contribution < 1.29 is 33.2 Å². The lowest BCUT2D eigenvalue weighted by molar-refractivity contribution is -0.376. The first kappa shape index (κ1) is 47.7. The van der Waals surface area contributed by atoms with Gasteiger partial charge in [0, 0.05) is 23.2 Å². The normalized spacial score (nSPS) is 56.4. The molecule has 0 aromatic heterocycles. The lowest BCUT2D eigenvalue weighted by Crippen LogP contribution is -2.64. The molecule has 3 heterocycles. The van der Waals surface area contributed by atoms with Gasteiger partial charge in [-0.2, -0.15) is 0 Å². The first-order valence-electron chi connectivity index (χ1n) is 26.2. The molecule has 354 valence electrons. The Labute approximate surface area is 379 Å². The maximum absolute atomic E-state index is 13.0. The highest BCUT2D eigenvalue weighted by Gasteiger charge is 2.67. The van der Waals surface area contributed by atoms with Crippen LogP contribution in [0.5, 0.6) is 0 Å². The molecule has 0 radical (unpaired) electrons. The molecule has 5 aliphatic carbocycles. The van der Waals surface area contributed by atoms with Crippen molar-refractivity contribution in [2.24, 2.45) is 92.2 Å². The van der Waals surface area contributed by atoms with Gasteiger partial charge in [-0.1, -0.05) is 109 Å². The third-order valence-corrected chi connectivity index (χ3v) is 22.1. The van der Waals surface area contributed by atoms with Gasteiger partial charge in [0.25, 0.3) is 0 Å². The summed E-state index contributed by atoms with van der Waals surface area (Å²) < 4.78 is 42.6. The highest BCUT2D eigenvalue weighted by molar-refractivity contribution is 5.63. The summed E-state index contributed by atoms with van der Waals surface area (Å²) in [7, 11) is 0. The molecular weight excluding hydrogens is 773 g/mol. The Kier molecular flexibility index (Phi) is 13.1. The number of hydrogen-bond acceptors (Lipinski definition) is 7. The second-order valence-corrected chi connectivity index (χ2v) is 25.3. The molecule has 0 spiro atoms. The van der Waals surface area contributed by atoms with Crippen LogP contribution in [0.1, 0.15) is 181 Å². The summed E-state index contributed by atoms with van der Waals surface area (Å²) in [5, 5.41) is 0. The van der Waals surface area contributed by atoms with Crippen molar-refractivity contribution in [1.82, 2.24) is 0 Å². The van der Waals surface area contributed by atoms with Crippen LogP contribution in [0, 0.1) is 92.2 Å². The number of carbonyl (C=O) groups is 1. The zero-order valence-electron chi connectivity index (χ0n) is 42.3. The average Bonchev–Trinajstić information content (AvgIpc) is 3.23. The van der Waals surface area contributed by atoms with E-state index in [1.54, 1.807) is 5.57 Å². The number of hydrogen-bond donors (Lipinski definition) is 0. The monoisotopic (exact) mass is 865 g/mol. The molecule has 62 heavy (non-hydrogen) atoms. The second-order valence-electron chi connectivity index (χ2n) is 25.3. The van der Waals surface area contributed by atoms with Crippen molar-refractivity contribution >= 4 is 6.29 Å². The third kappa shape index (κ3) is 7.52. The van der Waals surface area contributed by atoms with Crippen molar-refractivity contribution in [3.05, 3.63) is 11.6 Å². The van der Waals surface area contributed by atoms with Gasteiger partial charge >= 0.3 is 0 Å². The summed E-state index contributed by atoms with van der Waals surface area (Å²) in [5.74, 6) is 4.33. The summed E-state index contributed by atoms with van der Waals surface area (Å²) in [6, 6.07) is 0. The zero-order valence-corrected chi connectivity index (χ0v) is 42.3. The highest BCUT2D eigenvalue weighted by Crippen LogP contribution is 2.74. The van der Waals surface area contributed by atoms with E-state index in [0.717, 1.165) is 57.8 Å². The summed E-state index contributed by atoms with van der Waals surface area (Å²) >= 11 is 0. The van der Waals surface area contributed by atoms with E-state index in [1.165, 1.54) is 19.1 Å². The summed E-state index contributed by atoms with van der Waals surface area (Å²) in [4.78, 5) is 13.0. The van der Waals surface area contributed by atoms with E-state index in [9.17, 15) is 4.79 Å². The van der Waals surface area contributed by atoms with Crippen LogP contribution < -0.4 is 0 Å². The summed E-state index contributed by atoms with van der Waals surface area (Å²) in [6.07, 6.45) is 14.6. The molecular formula is C55H92O7. The molecule has 3 saturated heterocycles. The van der Waals surface area contributed by atoms with Gasteiger partial charge in [-0.3, -0.25) is 0 Å². The Balaban J connectivity index is 1.06. The molecule has 0 aromatic carbocycles. The smallest absolute Gasteiger partial charge is 0.187 e. The molecule has 0 N–H and O–H groups in total. The van der Waals surface area contributed by atoms with Gasteiger partial charge in [-0.05, 0) is 153 Å². The highest BCUT2D eigenvalue weighted by atomic mass is 16.8. The van der Waals surface area contributed by atoms with Crippen molar-refractivity contribution in [3.63, 3.8) is 0 Å². The van der Waals surface area contributed by atoms with Gasteiger partial charge in [0.1, 0.15) is 12.4 Å². The van der Waals surface area contributed by atoms with Crippen LogP contribution in [0.3, 0.4) is 0 Å². The molecule has 24 atom stereocenters. The molecule has 0 amide bonds. The quantitative estimate of drug-likeness (QED) is 0.137. The van der Waals surface area contributed by atoms with Gasteiger partial charge < -0.3 is 33.2 Å². The minimum absolute atomic E-state index is 0.0604. The van der Waals surface area contributed by atoms with Crippen LogP contribution in [0.25, 0.3) is 0 Å². The maximum Gasteiger partial charge on any atom is 0.187 e. The predicted molar refractivity (Wildman–Crippen MR) is 247 cm³/mol. The molecule has 4 saturated carbocycles. The van der Waals surface area contributed by atoms with Gasteiger partial charge in [0.15, 0.2) is 18.9 Å².